The number of hydrogen-bond donors (Lipinski definition) is 5. The van der Waals surface area contributed by atoms with Crippen molar-refractivity contribution in [1.82, 2.24) is 16.1 Å². The molecule has 2 rings (SSSR count). The van der Waals surface area contributed by atoms with Gasteiger partial charge in [0, 0.05) is 17.3 Å². The number of nitrogens with one attached hydrogen (secondary N) is 3. The van der Waals surface area contributed by atoms with Gasteiger partial charge in [-0.15, -0.1) is 0 Å². The third-order valence-electron chi connectivity index (χ3n) is 4.35. The lowest BCUT2D eigenvalue weighted by molar-refractivity contribution is 0.0836. The Morgan fingerprint density at radius 3 is 2.90 bits per heavy atom. The van der Waals surface area contributed by atoms with Crippen LogP contribution >= 0.6 is 0 Å². The van der Waals surface area contributed by atoms with E-state index >= 15 is 0 Å². The number of allylic oxidation sites excluding steroid dienone is 2. The number of hydrazine groups is 1. The average Bonchev–Trinajstić information content (AvgIpc) is 2.46. The van der Waals surface area contributed by atoms with Gasteiger partial charge in [-0.1, -0.05) is 31.9 Å². The van der Waals surface area contributed by atoms with Crippen molar-refractivity contribution in [3.8, 4) is 0 Å². The zero-order valence-electron chi connectivity index (χ0n) is 12.4. The number of unbranched alkanes of at least 4 members (excludes halogenated alkanes) is 2. The van der Waals surface area contributed by atoms with Gasteiger partial charge in [-0.25, -0.2) is 5.43 Å². The van der Waals surface area contributed by atoms with Crippen molar-refractivity contribution in [2.24, 2.45) is 11.8 Å². The van der Waals surface area contributed by atoms with Crippen molar-refractivity contribution in [2.75, 3.05) is 0 Å². The van der Waals surface area contributed by atoms with Crippen molar-refractivity contribution in [3.63, 3.8) is 0 Å². The first-order valence-corrected chi connectivity index (χ1v) is 7.72. The van der Waals surface area contributed by atoms with Crippen LogP contribution in [0.25, 0.3) is 0 Å². The monoisotopic (exact) mass is 280 g/mol. The highest BCUT2D eigenvalue weighted by Gasteiger charge is 2.32. The molecular formula is C15H28N4O. The van der Waals surface area contributed by atoms with Crippen LogP contribution in [0.3, 0.4) is 0 Å². The second-order valence-corrected chi connectivity index (χ2v) is 5.87. The molecule has 5 nitrogen and oxygen atoms in total. The summed E-state index contributed by atoms with van der Waals surface area (Å²) in [5.41, 5.74) is 6.22. The zero-order valence-corrected chi connectivity index (χ0v) is 12.4. The molecule has 2 aliphatic heterocycles. The Morgan fingerprint density at radius 1 is 1.40 bits per heavy atom. The molecule has 114 valence electrons. The van der Waals surface area contributed by atoms with Crippen LogP contribution in [0.1, 0.15) is 51.9 Å². The van der Waals surface area contributed by atoms with Crippen molar-refractivity contribution < 1.29 is 5.11 Å². The van der Waals surface area contributed by atoms with Gasteiger partial charge in [0.1, 0.15) is 6.23 Å². The maximum atomic E-state index is 10.3. The van der Waals surface area contributed by atoms with Crippen molar-refractivity contribution in [1.29, 1.82) is 0 Å². The first-order valence-electron chi connectivity index (χ1n) is 7.72. The molecule has 0 fully saturated rings. The molecule has 2 heterocycles. The van der Waals surface area contributed by atoms with Crippen molar-refractivity contribution in [3.05, 3.63) is 23.5 Å². The summed E-state index contributed by atoms with van der Waals surface area (Å²) < 4.78 is 0. The second kappa shape index (κ2) is 7.11. The van der Waals surface area contributed by atoms with Crippen molar-refractivity contribution >= 4 is 0 Å². The summed E-state index contributed by atoms with van der Waals surface area (Å²) in [4.78, 5) is 0. The van der Waals surface area contributed by atoms with Gasteiger partial charge in [-0.3, -0.25) is 5.84 Å². The molecule has 0 spiro atoms. The Morgan fingerprint density at radius 2 is 2.20 bits per heavy atom. The molecule has 0 aromatic rings. The van der Waals surface area contributed by atoms with E-state index in [1.807, 2.05) is 0 Å². The minimum Gasteiger partial charge on any atom is -0.373 e. The first kappa shape index (κ1) is 15.4. The summed E-state index contributed by atoms with van der Waals surface area (Å²) in [7, 11) is 0. The molecular weight excluding hydrogens is 252 g/mol. The van der Waals surface area contributed by atoms with Crippen LogP contribution in [0.2, 0.25) is 0 Å². The summed E-state index contributed by atoms with van der Waals surface area (Å²) >= 11 is 0. The molecule has 20 heavy (non-hydrogen) atoms. The number of rotatable bonds is 6. The molecule has 3 atom stereocenters. The predicted octanol–water partition coefficient (Wildman–Crippen LogP) is 1.44. The van der Waals surface area contributed by atoms with E-state index in [1.54, 1.807) is 0 Å². The maximum absolute atomic E-state index is 10.3. The topological polar surface area (TPSA) is 82.3 Å². The number of nitrogens with two attached hydrogens (primary N) is 1. The second-order valence-electron chi connectivity index (χ2n) is 5.87. The highest BCUT2D eigenvalue weighted by Crippen LogP contribution is 2.32. The quantitative estimate of drug-likeness (QED) is 0.220. The lowest BCUT2D eigenvalue weighted by Gasteiger charge is -2.39. The van der Waals surface area contributed by atoms with Gasteiger partial charge in [0.15, 0.2) is 0 Å². The molecule has 2 aliphatic rings. The largest absolute Gasteiger partial charge is 0.373 e. The van der Waals surface area contributed by atoms with Crippen LogP contribution in [0.4, 0.5) is 0 Å². The summed E-state index contributed by atoms with van der Waals surface area (Å²) in [6.07, 6.45) is 6.88. The Bertz CT molecular complexity index is 380. The summed E-state index contributed by atoms with van der Waals surface area (Å²) in [6, 6.07) is 0. The standard InChI is InChI=1S/C15H28N4O/c1-3-4-5-6-10(2)11-9-13-12(18-15(11)20)7-8-14(17-13)19-16/h11,14-15,17-20H,2-9,16H2,1H3. The third-order valence-corrected chi connectivity index (χ3v) is 4.35. The summed E-state index contributed by atoms with van der Waals surface area (Å²) in [5, 5.41) is 16.9. The number of aliphatic hydroxyl groups excluding tert-OH is 1. The van der Waals surface area contributed by atoms with E-state index in [0.717, 1.165) is 43.4 Å². The highest BCUT2D eigenvalue weighted by molar-refractivity contribution is 5.23. The van der Waals surface area contributed by atoms with Gasteiger partial charge in [-0.2, -0.15) is 0 Å². The van der Waals surface area contributed by atoms with Gasteiger partial charge < -0.3 is 15.7 Å². The Hall–Kier alpha value is -1.04. The van der Waals surface area contributed by atoms with E-state index in [2.05, 4.69) is 29.6 Å². The van der Waals surface area contributed by atoms with E-state index in [-0.39, 0.29) is 12.1 Å². The molecule has 0 bridgehead atoms. The van der Waals surface area contributed by atoms with Gasteiger partial charge in [-0.05, 0) is 32.1 Å². The molecule has 5 heteroatoms. The van der Waals surface area contributed by atoms with Gasteiger partial charge in [0.2, 0.25) is 0 Å². The SMILES string of the molecule is C=C(CCCCC)C1CC2=C(CCC(NN)N2)NC1O. The highest BCUT2D eigenvalue weighted by atomic mass is 16.3. The minimum absolute atomic E-state index is 0.0923. The molecule has 0 radical (unpaired) electrons. The smallest absolute Gasteiger partial charge is 0.131 e. The fraction of sp³-hybridized carbons (Fsp3) is 0.733. The van der Waals surface area contributed by atoms with Crippen LogP contribution in [0.15, 0.2) is 23.5 Å². The zero-order chi connectivity index (χ0) is 14.5. The Kier molecular flexibility index (Phi) is 5.46. The molecule has 0 saturated carbocycles. The molecule has 6 N–H and O–H groups in total. The van der Waals surface area contributed by atoms with Gasteiger partial charge >= 0.3 is 0 Å². The van der Waals surface area contributed by atoms with Crippen LogP contribution in [-0.2, 0) is 0 Å². The number of hydrogen-bond acceptors (Lipinski definition) is 5. The van der Waals surface area contributed by atoms with Crippen LogP contribution < -0.4 is 21.9 Å². The third kappa shape index (κ3) is 3.53. The molecule has 0 saturated heterocycles. The average molecular weight is 280 g/mol. The molecule has 0 amide bonds. The van der Waals surface area contributed by atoms with Crippen LogP contribution in [0.5, 0.6) is 0 Å². The summed E-state index contributed by atoms with van der Waals surface area (Å²) in [6.45, 7) is 6.38. The van der Waals surface area contributed by atoms with Crippen molar-refractivity contribution in [2.45, 2.75) is 64.3 Å². The Labute approximate surface area is 121 Å². The predicted molar refractivity (Wildman–Crippen MR) is 81.0 cm³/mol. The van der Waals surface area contributed by atoms with E-state index in [4.69, 9.17) is 5.84 Å². The van der Waals surface area contributed by atoms with Crippen LogP contribution in [0, 0.1) is 5.92 Å². The molecule has 0 aliphatic carbocycles. The molecule has 0 aromatic carbocycles. The number of aliphatic hydroxyl groups is 1. The van der Waals surface area contributed by atoms with E-state index in [1.165, 1.54) is 18.5 Å². The first-order chi connectivity index (χ1) is 9.65. The Balaban J connectivity index is 1.96. The summed E-state index contributed by atoms with van der Waals surface area (Å²) in [5.74, 6) is 5.60. The molecule has 0 aromatic heterocycles. The van der Waals surface area contributed by atoms with Gasteiger partial charge in [0.05, 0.1) is 6.17 Å². The van der Waals surface area contributed by atoms with Crippen LogP contribution in [-0.4, -0.2) is 17.5 Å². The van der Waals surface area contributed by atoms with E-state index in [0.29, 0.717) is 0 Å². The normalized spacial score (nSPS) is 29.4. The van der Waals surface area contributed by atoms with Gasteiger partial charge in [0.25, 0.3) is 0 Å². The fourth-order valence-corrected chi connectivity index (χ4v) is 3.04. The maximum Gasteiger partial charge on any atom is 0.131 e. The van der Waals surface area contributed by atoms with E-state index in [9.17, 15) is 5.11 Å². The molecule has 3 unspecified atom stereocenters. The lowest BCUT2D eigenvalue weighted by Crippen LogP contribution is -2.52. The fourth-order valence-electron chi connectivity index (χ4n) is 3.04. The van der Waals surface area contributed by atoms with E-state index < -0.39 is 6.23 Å². The minimum atomic E-state index is -0.507. The lowest BCUT2D eigenvalue weighted by atomic mass is 9.85.